The number of piperidine rings is 2. The van der Waals surface area contributed by atoms with Crippen molar-refractivity contribution >= 4 is 11.9 Å². The fourth-order valence-corrected chi connectivity index (χ4v) is 3.41. The Kier molecular flexibility index (Phi) is 6.52. The molecule has 0 aromatic rings. The van der Waals surface area contributed by atoms with Crippen LogP contribution in [0.2, 0.25) is 0 Å². The summed E-state index contributed by atoms with van der Waals surface area (Å²) >= 11 is 0. The monoisotopic (exact) mass is 308 g/mol. The lowest BCUT2D eigenvalue weighted by Crippen LogP contribution is -2.46. The van der Waals surface area contributed by atoms with Gasteiger partial charge >= 0.3 is 0 Å². The molecular weight excluding hydrogens is 276 g/mol. The van der Waals surface area contributed by atoms with Crippen LogP contribution in [0.1, 0.15) is 46.0 Å². The van der Waals surface area contributed by atoms with E-state index in [4.69, 9.17) is 0 Å². The van der Waals surface area contributed by atoms with Gasteiger partial charge in [-0.15, -0.1) is 0 Å². The maximum absolute atomic E-state index is 12.3. The Morgan fingerprint density at radius 2 is 1.82 bits per heavy atom. The van der Waals surface area contributed by atoms with Crippen LogP contribution in [0.5, 0.6) is 0 Å². The van der Waals surface area contributed by atoms with Crippen LogP contribution in [0.4, 0.5) is 0 Å². The van der Waals surface area contributed by atoms with Gasteiger partial charge in [0.1, 0.15) is 0 Å². The lowest BCUT2D eigenvalue weighted by atomic mass is 9.99. The highest BCUT2D eigenvalue weighted by atomic mass is 16.2. The molecule has 1 unspecified atom stereocenters. The van der Waals surface area contributed by atoms with Crippen LogP contribution in [-0.2, 0) is 4.79 Å². The summed E-state index contributed by atoms with van der Waals surface area (Å²) in [6, 6.07) is 0. The van der Waals surface area contributed by atoms with Crippen LogP contribution >= 0.6 is 0 Å². The lowest BCUT2D eigenvalue weighted by molar-refractivity contribution is -0.132. The molecule has 5 heteroatoms. The van der Waals surface area contributed by atoms with Crippen LogP contribution in [-0.4, -0.2) is 61.4 Å². The Balaban J connectivity index is 1.71. The molecule has 2 aliphatic heterocycles. The molecule has 0 radical (unpaired) electrons. The van der Waals surface area contributed by atoms with Gasteiger partial charge in [-0.1, -0.05) is 13.8 Å². The third-order valence-electron chi connectivity index (χ3n) is 4.93. The number of carbonyl (C=O) groups is 1. The number of rotatable bonds is 3. The minimum Gasteiger partial charge on any atom is -0.356 e. The van der Waals surface area contributed by atoms with Gasteiger partial charge in [-0.05, 0) is 37.5 Å². The van der Waals surface area contributed by atoms with Crippen LogP contribution in [0.3, 0.4) is 0 Å². The van der Waals surface area contributed by atoms with Gasteiger partial charge in [0.15, 0.2) is 5.96 Å². The van der Waals surface area contributed by atoms with Gasteiger partial charge in [0, 0.05) is 46.2 Å². The number of likely N-dealkylation sites (tertiary alicyclic amines) is 2. The summed E-state index contributed by atoms with van der Waals surface area (Å²) in [5.41, 5.74) is 0. The van der Waals surface area contributed by atoms with Crippen LogP contribution in [0, 0.1) is 11.8 Å². The molecule has 1 atom stereocenters. The van der Waals surface area contributed by atoms with Crippen molar-refractivity contribution in [1.29, 1.82) is 0 Å². The second-order valence-corrected chi connectivity index (χ2v) is 6.98. The van der Waals surface area contributed by atoms with E-state index in [0.717, 1.165) is 44.5 Å². The van der Waals surface area contributed by atoms with Crippen molar-refractivity contribution in [2.45, 2.75) is 46.0 Å². The van der Waals surface area contributed by atoms with Crippen molar-refractivity contribution in [3.05, 3.63) is 0 Å². The SMILES string of the molecule is CN=C(NCCC(=O)N1CCCC(C)C1)N1CCC(C)CC1. The molecule has 2 saturated heterocycles. The zero-order valence-corrected chi connectivity index (χ0v) is 14.5. The zero-order valence-electron chi connectivity index (χ0n) is 14.5. The van der Waals surface area contributed by atoms with Gasteiger partial charge in [0.2, 0.25) is 5.91 Å². The molecule has 126 valence electrons. The van der Waals surface area contributed by atoms with Crippen molar-refractivity contribution in [2.75, 3.05) is 39.8 Å². The first-order chi connectivity index (χ1) is 10.6. The molecule has 1 N–H and O–H groups in total. The molecule has 5 nitrogen and oxygen atoms in total. The minimum atomic E-state index is 0.279. The molecule has 0 bridgehead atoms. The van der Waals surface area contributed by atoms with E-state index in [1.165, 1.54) is 19.3 Å². The number of nitrogens with one attached hydrogen (secondary N) is 1. The number of aliphatic imine (C=N–C) groups is 1. The van der Waals surface area contributed by atoms with Gasteiger partial charge in [0.25, 0.3) is 0 Å². The molecule has 1 amide bonds. The predicted octanol–water partition coefficient (Wildman–Crippen LogP) is 1.94. The Bertz CT molecular complexity index is 388. The maximum atomic E-state index is 12.3. The Morgan fingerprint density at radius 3 is 2.45 bits per heavy atom. The molecule has 22 heavy (non-hydrogen) atoms. The number of nitrogens with zero attached hydrogens (tertiary/aromatic N) is 3. The molecule has 0 spiro atoms. The van der Waals surface area contributed by atoms with E-state index in [1.807, 2.05) is 11.9 Å². The predicted molar refractivity (Wildman–Crippen MR) is 90.9 cm³/mol. The molecule has 0 aliphatic carbocycles. The van der Waals surface area contributed by atoms with Gasteiger partial charge < -0.3 is 15.1 Å². The van der Waals surface area contributed by atoms with Crippen molar-refractivity contribution in [3.63, 3.8) is 0 Å². The Hall–Kier alpha value is -1.26. The maximum Gasteiger partial charge on any atom is 0.224 e. The summed E-state index contributed by atoms with van der Waals surface area (Å²) in [6.45, 7) is 9.22. The normalized spacial score (nSPS) is 24.5. The fraction of sp³-hybridized carbons (Fsp3) is 0.882. The third kappa shape index (κ3) is 4.89. The van der Waals surface area contributed by atoms with Crippen molar-refractivity contribution in [2.24, 2.45) is 16.8 Å². The Labute approximate surface area is 135 Å². The van der Waals surface area contributed by atoms with Gasteiger partial charge in [-0.25, -0.2) is 0 Å². The minimum absolute atomic E-state index is 0.279. The highest BCUT2D eigenvalue weighted by molar-refractivity contribution is 5.81. The first-order valence-corrected chi connectivity index (χ1v) is 8.83. The molecular formula is C17H32N4O. The number of amides is 1. The second-order valence-electron chi connectivity index (χ2n) is 6.98. The molecule has 0 saturated carbocycles. The largest absolute Gasteiger partial charge is 0.356 e. The topological polar surface area (TPSA) is 47.9 Å². The first-order valence-electron chi connectivity index (χ1n) is 8.83. The highest BCUT2D eigenvalue weighted by Gasteiger charge is 2.21. The highest BCUT2D eigenvalue weighted by Crippen LogP contribution is 2.17. The molecule has 0 aromatic heterocycles. The quantitative estimate of drug-likeness (QED) is 0.640. The third-order valence-corrected chi connectivity index (χ3v) is 4.93. The Morgan fingerprint density at radius 1 is 1.09 bits per heavy atom. The fourth-order valence-electron chi connectivity index (χ4n) is 3.41. The van der Waals surface area contributed by atoms with Crippen LogP contribution in [0.25, 0.3) is 0 Å². The average molecular weight is 308 g/mol. The van der Waals surface area contributed by atoms with Crippen molar-refractivity contribution < 1.29 is 4.79 Å². The number of guanidine groups is 1. The molecule has 0 aromatic carbocycles. The van der Waals surface area contributed by atoms with Gasteiger partial charge in [0.05, 0.1) is 0 Å². The molecule has 2 rings (SSSR count). The van der Waals surface area contributed by atoms with E-state index in [-0.39, 0.29) is 5.91 Å². The van der Waals surface area contributed by atoms with E-state index in [1.54, 1.807) is 0 Å². The van der Waals surface area contributed by atoms with E-state index >= 15 is 0 Å². The van der Waals surface area contributed by atoms with E-state index in [9.17, 15) is 4.79 Å². The van der Waals surface area contributed by atoms with Gasteiger partial charge in [-0.3, -0.25) is 9.79 Å². The standard InChI is InChI=1S/C17H32N4O/c1-14-7-11-20(12-8-14)17(18-3)19-9-6-16(22)21-10-4-5-15(2)13-21/h14-15H,4-13H2,1-3H3,(H,18,19). The van der Waals surface area contributed by atoms with Crippen molar-refractivity contribution in [3.8, 4) is 0 Å². The smallest absolute Gasteiger partial charge is 0.224 e. The molecule has 2 heterocycles. The van der Waals surface area contributed by atoms with E-state index in [0.29, 0.717) is 18.9 Å². The summed E-state index contributed by atoms with van der Waals surface area (Å²) in [5.74, 6) is 2.69. The van der Waals surface area contributed by atoms with E-state index in [2.05, 4.69) is 29.1 Å². The lowest BCUT2D eigenvalue weighted by Gasteiger charge is -2.33. The molecule has 2 aliphatic rings. The summed E-state index contributed by atoms with van der Waals surface area (Å²) < 4.78 is 0. The average Bonchev–Trinajstić information content (AvgIpc) is 2.52. The summed E-state index contributed by atoms with van der Waals surface area (Å²) in [6.07, 6.45) is 5.42. The number of carbonyl (C=O) groups excluding carboxylic acids is 1. The molecule has 2 fully saturated rings. The summed E-state index contributed by atoms with van der Waals surface area (Å²) in [4.78, 5) is 21.0. The van der Waals surface area contributed by atoms with Crippen molar-refractivity contribution in [1.82, 2.24) is 15.1 Å². The second kappa shape index (κ2) is 8.39. The zero-order chi connectivity index (χ0) is 15.9. The van der Waals surface area contributed by atoms with E-state index < -0.39 is 0 Å². The summed E-state index contributed by atoms with van der Waals surface area (Å²) in [7, 11) is 1.83. The van der Waals surface area contributed by atoms with Gasteiger partial charge in [-0.2, -0.15) is 0 Å². The summed E-state index contributed by atoms with van der Waals surface area (Å²) in [5, 5.41) is 3.36. The number of hydrogen-bond donors (Lipinski definition) is 1. The first kappa shape index (κ1) is 17.1. The van der Waals surface area contributed by atoms with Crippen LogP contribution in [0.15, 0.2) is 4.99 Å². The number of hydrogen-bond acceptors (Lipinski definition) is 2. The van der Waals surface area contributed by atoms with Crippen LogP contribution < -0.4 is 5.32 Å².